The summed E-state index contributed by atoms with van der Waals surface area (Å²) >= 11 is 4.64. The Morgan fingerprint density at radius 3 is 2.61 bits per heavy atom. The lowest BCUT2D eigenvalue weighted by atomic mass is 10.1. The van der Waals surface area contributed by atoms with Gasteiger partial charge >= 0.3 is 5.97 Å². The number of rotatable bonds is 7. The van der Waals surface area contributed by atoms with Crippen LogP contribution in [0.2, 0.25) is 0 Å². The van der Waals surface area contributed by atoms with Crippen molar-refractivity contribution in [3.05, 3.63) is 15.0 Å². The number of hydrogen-bond donors (Lipinski definition) is 3. The second-order valence-electron chi connectivity index (χ2n) is 4.85. The normalized spacial score (nSPS) is 11.1. The van der Waals surface area contributed by atoms with Gasteiger partial charge in [0, 0.05) is 23.9 Å². The third kappa shape index (κ3) is 11.3. The zero-order valence-electron chi connectivity index (χ0n) is 12.9. The summed E-state index contributed by atoms with van der Waals surface area (Å²) in [6.07, 6.45) is 3.98. The molecule has 0 aliphatic heterocycles. The van der Waals surface area contributed by atoms with Crippen LogP contribution in [0.1, 0.15) is 38.0 Å². The molecule has 132 valence electrons. The Labute approximate surface area is 151 Å². The van der Waals surface area contributed by atoms with Crippen molar-refractivity contribution in [2.75, 3.05) is 0 Å². The smallest absolute Gasteiger partial charge is 0.303 e. The number of nitrogens with two attached hydrogens (primary N) is 2. The van der Waals surface area contributed by atoms with Crippen molar-refractivity contribution in [1.82, 2.24) is 9.40 Å². The quantitative estimate of drug-likeness (QED) is 0.200. The molecule has 23 heavy (non-hydrogen) atoms. The second-order valence-corrected chi connectivity index (χ2v) is 7.77. The zero-order valence-corrected chi connectivity index (χ0v) is 16.1. The Balaban J connectivity index is 0.000000515. The van der Waals surface area contributed by atoms with Crippen LogP contribution in [0.4, 0.5) is 3.89 Å². The standard InChI is InChI=1S/C6H9BrFN5S2.C6H12O2/c7-6-11-3-4(14-6)1-2-5(12-9)13(10)15-8;1-5(2)3-4-6(7)8/h3H,1-2,9-10H2;5H,3-4H2,1-2H3,(H,7,8)/b12-5-;. The summed E-state index contributed by atoms with van der Waals surface area (Å²) in [5.74, 6) is 10.5. The molecule has 11 heteroatoms. The predicted molar refractivity (Wildman–Crippen MR) is 96.2 cm³/mol. The molecule has 1 rings (SSSR count). The molecule has 0 aromatic carbocycles. The van der Waals surface area contributed by atoms with Crippen LogP contribution in [-0.2, 0) is 11.2 Å². The Morgan fingerprint density at radius 1 is 1.61 bits per heavy atom. The Bertz CT molecular complexity index is 502. The Hall–Kier alpha value is -0.910. The maximum absolute atomic E-state index is 12.1. The van der Waals surface area contributed by atoms with Crippen molar-refractivity contribution < 1.29 is 13.8 Å². The molecular weight excluding hydrogens is 409 g/mol. The van der Waals surface area contributed by atoms with E-state index in [1.54, 1.807) is 6.20 Å². The van der Waals surface area contributed by atoms with E-state index in [9.17, 15) is 8.68 Å². The highest BCUT2D eigenvalue weighted by Gasteiger charge is 2.09. The molecular formula is C12H21BrFN5O2S2. The van der Waals surface area contributed by atoms with E-state index in [2.05, 4.69) is 26.0 Å². The minimum absolute atomic E-state index is 0.123. The summed E-state index contributed by atoms with van der Waals surface area (Å²) in [5, 5.41) is 11.6. The van der Waals surface area contributed by atoms with Crippen molar-refractivity contribution in [1.29, 1.82) is 0 Å². The van der Waals surface area contributed by atoms with Gasteiger partial charge in [-0.1, -0.05) is 13.8 Å². The van der Waals surface area contributed by atoms with E-state index in [0.717, 1.165) is 19.6 Å². The number of thiazole rings is 1. The third-order valence-corrected chi connectivity index (χ3v) is 4.43. The molecule has 0 atom stereocenters. The van der Waals surface area contributed by atoms with Gasteiger partial charge in [-0.05, 0) is 34.7 Å². The molecule has 1 aromatic heterocycles. The molecule has 7 nitrogen and oxygen atoms in total. The number of hydrazone groups is 1. The number of aliphatic carboxylic acids is 1. The van der Waals surface area contributed by atoms with Crippen molar-refractivity contribution in [2.24, 2.45) is 22.7 Å². The minimum atomic E-state index is -0.696. The molecule has 0 unspecified atom stereocenters. The highest BCUT2D eigenvalue weighted by molar-refractivity contribution is 9.11. The van der Waals surface area contributed by atoms with Gasteiger partial charge in [-0.3, -0.25) is 4.79 Å². The molecule has 0 spiro atoms. The highest BCUT2D eigenvalue weighted by atomic mass is 79.9. The predicted octanol–water partition coefficient (Wildman–Crippen LogP) is 3.33. The van der Waals surface area contributed by atoms with Crippen LogP contribution < -0.4 is 11.7 Å². The fraction of sp³-hybridized carbons (Fsp3) is 0.583. The number of halogens is 2. The molecule has 0 saturated carbocycles. The number of hydrazine groups is 1. The molecule has 1 heterocycles. The summed E-state index contributed by atoms with van der Waals surface area (Å²) in [7, 11) is 0. The average Bonchev–Trinajstić information content (AvgIpc) is 2.91. The van der Waals surface area contributed by atoms with Crippen molar-refractivity contribution >= 4 is 51.4 Å². The first-order valence-corrected chi connectivity index (χ1v) is 9.00. The number of aromatic nitrogens is 1. The monoisotopic (exact) mass is 429 g/mol. The van der Waals surface area contributed by atoms with Crippen LogP contribution in [-0.4, -0.2) is 26.3 Å². The molecule has 1 aromatic rings. The zero-order chi connectivity index (χ0) is 17.8. The maximum atomic E-state index is 12.1. The van der Waals surface area contributed by atoms with Crippen LogP contribution in [0.5, 0.6) is 0 Å². The van der Waals surface area contributed by atoms with Crippen LogP contribution in [0.3, 0.4) is 0 Å². The molecule has 0 amide bonds. The van der Waals surface area contributed by atoms with Gasteiger partial charge in [0.15, 0.2) is 22.1 Å². The molecule has 0 aliphatic rings. The topological polar surface area (TPSA) is 118 Å². The maximum Gasteiger partial charge on any atom is 0.303 e. The number of nitrogens with zero attached hydrogens (tertiary/aromatic N) is 3. The number of carbonyl (C=O) groups is 1. The Kier molecular flexibility index (Phi) is 12.0. The van der Waals surface area contributed by atoms with Gasteiger partial charge in [0.25, 0.3) is 0 Å². The number of carboxylic acid groups (broad SMARTS) is 1. The van der Waals surface area contributed by atoms with Gasteiger partial charge in [0.05, 0.1) is 0 Å². The first-order chi connectivity index (χ1) is 10.8. The lowest BCUT2D eigenvalue weighted by Crippen LogP contribution is -2.31. The summed E-state index contributed by atoms with van der Waals surface area (Å²) in [6.45, 7) is 4.03. The fourth-order valence-corrected chi connectivity index (χ4v) is 2.89. The van der Waals surface area contributed by atoms with Gasteiger partial charge in [-0.2, -0.15) is 5.10 Å². The fourth-order valence-electron chi connectivity index (χ4n) is 1.32. The number of hydrogen-bond acceptors (Lipinski definition) is 7. The van der Waals surface area contributed by atoms with Gasteiger partial charge in [-0.25, -0.2) is 15.2 Å². The summed E-state index contributed by atoms with van der Waals surface area (Å²) in [6, 6.07) is 0. The van der Waals surface area contributed by atoms with E-state index in [-0.39, 0.29) is 12.3 Å². The first-order valence-electron chi connectivity index (χ1n) is 6.72. The second kappa shape index (κ2) is 12.5. The van der Waals surface area contributed by atoms with E-state index in [0.29, 0.717) is 31.0 Å². The van der Waals surface area contributed by atoms with Gasteiger partial charge < -0.3 is 10.9 Å². The van der Waals surface area contributed by atoms with Gasteiger partial charge in [0.1, 0.15) is 0 Å². The Morgan fingerprint density at radius 2 is 2.26 bits per heavy atom. The van der Waals surface area contributed by atoms with Crippen LogP contribution in [0, 0.1) is 5.92 Å². The van der Waals surface area contributed by atoms with Crippen LogP contribution in [0.15, 0.2) is 15.2 Å². The van der Waals surface area contributed by atoms with Gasteiger partial charge in [-0.15, -0.1) is 15.2 Å². The van der Waals surface area contributed by atoms with Crippen molar-refractivity contribution in [3.8, 4) is 0 Å². The number of aryl methyl sites for hydroxylation is 1. The SMILES string of the molecule is CC(C)CCC(=O)O.N/N=C(/CCc1cnc(Br)s1)N(N)SF. The molecule has 0 saturated heterocycles. The molecule has 0 radical (unpaired) electrons. The van der Waals surface area contributed by atoms with Crippen LogP contribution >= 0.6 is 39.6 Å². The molecule has 0 fully saturated rings. The van der Waals surface area contributed by atoms with E-state index in [4.69, 9.17) is 16.8 Å². The third-order valence-electron chi connectivity index (χ3n) is 2.53. The summed E-state index contributed by atoms with van der Waals surface area (Å²) in [5.41, 5.74) is 0. The minimum Gasteiger partial charge on any atom is -0.481 e. The van der Waals surface area contributed by atoms with Crippen molar-refractivity contribution in [2.45, 2.75) is 39.5 Å². The summed E-state index contributed by atoms with van der Waals surface area (Å²) < 4.78 is 13.7. The lowest BCUT2D eigenvalue weighted by Gasteiger charge is -2.12. The molecule has 0 aliphatic carbocycles. The average molecular weight is 430 g/mol. The van der Waals surface area contributed by atoms with E-state index >= 15 is 0 Å². The molecule has 5 N–H and O–H groups in total. The highest BCUT2D eigenvalue weighted by Crippen LogP contribution is 2.20. The molecule has 0 bridgehead atoms. The number of amidine groups is 1. The van der Waals surface area contributed by atoms with E-state index in [1.165, 1.54) is 11.3 Å². The van der Waals surface area contributed by atoms with E-state index in [1.807, 2.05) is 13.8 Å². The first kappa shape index (κ1) is 22.1. The van der Waals surface area contributed by atoms with Gasteiger partial charge in [0.2, 0.25) is 0 Å². The summed E-state index contributed by atoms with van der Waals surface area (Å²) in [4.78, 5) is 15.0. The lowest BCUT2D eigenvalue weighted by molar-refractivity contribution is -0.137. The van der Waals surface area contributed by atoms with Crippen molar-refractivity contribution in [3.63, 3.8) is 0 Å². The van der Waals surface area contributed by atoms with E-state index < -0.39 is 5.97 Å². The largest absolute Gasteiger partial charge is 0.481 e. The van der Waals surface area contributed by atoms with Crippen LogP contribution in [0.25, 0.3) is 0 Å². The number of carboxylic acids is 1.